The van der Waals surface area contributed by atoms with E-state index >= 15 is 0 Å². The highest BCUT2D eigenvalue weighted by Gasteiger charge is 2.21. The molecule has 1 aromatic carbocycles. The maximum Gasteiger partial charge on any atom is 0.239 e. The normalized spacial score (nSPS) is 12.0. The first-order valence-corrected chi connectivity index (χ1v) is 11.0. The van der Waals surface area contributed by atoms with Crippen molar-refractivity contribution >= 4 is 34.1 Å². The second-order valence-corrected chi connectivity index (χ2v) is 9.02. The number of nitrogens with one attached hydrogen (secondary N) is 1. The van der Waals surface area contributed by atoms with Crippen LogP contribution in [0, 0.1) is 20.8 Å². The molecule has 0 bridgehead atoms. The van der Waals surface area contributed by atoms with Gasteiger partial charge in [-0.05, 0) is 45.7 Å². The Morgan fingerprint density at radius 3 is 2.55 bits per heavy atom. The summed E-state index contributed by atoms with van der Waals surface area (Å²) in [6.45, 7) is 10.7. The van der Waals surface area contributed by atoms with Crippen LogP contribution in [0.4, 0.5) is 5.13 Å². The topological polar surface area (TPSA) is 94.8 Å². The van der Waals surface area contributed by atoms with E-state index in [2.05, 4.69) is 25.7 Å². The zero-order chi connectivity index (χ0) is 21.0. The minimum absolute atomic E-state index is 0.148. The average Bonchev–Trinajstić information content (AvgIpc) is 3.26. The van der Waals surface area contributed by atoms with Crippen LogP contribution in [0.2, 0.25) is 0 Å². The fraction of sp³-hybridized carbons (Fsp3) is 0.421. The number of rotatable bonds is 8. The van der Waals surface area contributed by atoms with Gasteiger partial charge < -0.3 is 9.30 Å². The van der Waals surface area contributed by atoms with Crippen molar-refractivity contribution < 1.29 is 9.53 Å². The van der Waals surface area contributed by atoms with Crippen LogP contribution in [0.15, 0.2) is 23.4 Å². The molecule has 29 heavy (non-hydrogen) atoms. The highest BCUT2D eigenvalue weighted by molar-refractivity contribution is 8.00. The predicted molar refractivity (Wildman–Crippen MR) is 115 cm³/mol. The molecule has 3 aromatic rings. The summed E-state index contributed by atoms with van der Waals surface area (Å²) in [5.74, 6) is 1.45. The number of amides is 1. The van der Waals surface area contributed by atoms with Crippen LogP contribution in [-0.2, 0) is 17.9 Å². The Balaban J connectivity index is 1.66. The quantitative estimate of drug-likeness (QED) is 0.541. The molecule has 0 saturated carbocycles. The molecule has 0 fully saturated rings. The van der Waals surface area contributed by atoms with Gasteiger partial charge in [-0.25, -0.2) is 0 Å². The summed E-state index contributed by atoms with van der Waals surface area (Å²) >= 11 is 2.70. The molecule has 154 valence electrons. The van der Waals surface area contributed by atoms with Crippen molar-refractivity contribution in [1.29, 1.82) is 0 Å². The summed E-state index contributed by atoms with van der Waals surface area (Å²) in [6, 6.07) is 6.05. The first-order chi connectivity index (χ1) is 13.9. The van der Waals surface area contributed by atoms with E-state index in [1.54, 1.807) is 0 Å². The van der Waals surface area contributed by atoms with Crippen molar-refractivity contribution in [3.05, 3.63) is 40.2 Å². The van der Waals surface area contributed by atoms with E-state index < -0.39 is 0 Å². The summed E-state index contributed by atoms with van der Waals surface area (Å²) in [4.78, 5) is 12.4. The number of anilines is 1. The molecule has 2 heterocycles. The maximum absolute atomic E-state index is 12.4. The molecule has 0 aliphatic rings. The van der Waals surface area contributed by atoms with Gasteiger partial charge in [0.15, 0.2) is 11.0 Å². The van der Waals surface area contributed by atoms with E-state index in [9.17, 15) is 4.79 Å². The van der Waals surface area contributed by atoms with E-state index in [0.717, 1.165) is 27.7 Å². The Labute approximate surface area is 178 Å². The van der Waals surface area contributed by atoms with Crippen molar-refractivity contribution in [3.63, 3.8) is 0 Å². The van der Waals surface area contributed by atoms with Crippen LogP contribution < -0.4 is 10.1 Å². The Kier molecular flexibility index (Phi) is 6.86. The number of nitrogens with zero attached hydrogens (tertiary/aromatic N) is 5. The maximum atomic E-state index is 12.4. The monoisotopic (exact) mass is 432 g/mol. The number of carbonyl (C=O) groups is 1. The highest BCUT2D eigenvalue weighted by Crippen LogP contribution is 2.26. The lowest BCUT2D eigenvalue weighted by Gasteiger charge is -2.13. The first-order valence-electron chi connectivity index (χ1n) is 9.27. The lowest BCUT2D eigenvalue weighted by atomic mass is 10.1. The molecular weight excluding hydrogens is 408 g/mol. The van der Waals surface area contributed by atoms with Gasteiger partial charge in [-0.15, -0.1) is 20.4 Å². The third kappa shape index (κ3) is 5.13. The smallest absolute Gasteiger partial charge is 0.239 e. The second kappa shape index (κ2) is 9.36. The van der Waals surface area contributed by atoms with Gasteiger partial charge in [0.2, 0.25) is 11.0 Å². The van der Waals surface area contributed by atoms with Crippen LogP contribution in [-0.4, -0.2) is 36.1 Å². The van der Waals surface area contributed by atoms with Crippen molar-refractivity contribution in [2.45, 2.75) is 58.2 Å². The number of benzene rings is 1. The van der Waals surface area contributed by atoms with Crippen molar-refractivity contribution in [2.24, 2.45) is 0 Å². The van der Waals surface area contributed by atoms with Gasteiger partial charge >= 0.3 is 0 Å². The fourth-order valence-electron chi connectivity index (χ4n) is 2.76. The molecule has 0 spiro atoms. The van der Waals surface area contributed by atoms with Crippen LogP contribution in [0.1, 0.15) is 35.8 Å². The molecule has 0 aliphatic heterocycles. The summed E-state index contributed by atoms with van der Waals surface area (Å²) in [7, 11) is 0. The zero-order valence-corrected chi connectivity index (χ0v) is 18.7. The van der Waals surface area contributed by atoms with Gasteiger partial charge in [0.05, 0.1) is 5.25 Å². The molecule has 0 aliphatic carbocycles. The van der Waals surface area contributed by atoms with Gasteiger partial charge in [0.25, 0.3) is 0 Å². The third-order valence-electron chi connectivity index (χ3n) is 4.27. The molecule has 3 rings (SSSR count). The number of hydrogen-bond donors (Lipinski definition) is 1. The Bertz CT molecular complexity index is 980. The number of aromatic nitrogens is 5. The third-order valence-corrected chi connectivity index (χ3v) is 6.11. The Hall–Kier alpha value is -2.46. The van der Waals surface area contributed by atoms with Gasteiger partial charge in [0, 0.05) is 6.54 Å². The zero-order valence-electron chi connectivity index (χ0n) is 17.1. The van der Waals surface area contributed by atoms with E-state index in [1.165, 1.54) is 23.1 Å². The minimum Gasteiger partial charge on any atom is -0.485 e. The molecule has 2 aromatic heterocycles. The summed E-state index contributed by atoms with van der Waals surface area (Å²) in [5, 5.41) is 20.8. The highest BCUT2D eigenvalue weighted by atomic mass is 32.2. The standard InChI is InChI=1S/C19H24N6O2S2/c1-6-25-15(10-27-16-11(2)8-7-9-12(16)3)22-24-19(25)28-13(4)17(26)20-18-23-21-14(5)29-18/h7-9,13H,6,10H2,1-5H3,(H,20,23,26)/t13-/m0/s1. The molecule has 1 N–H and O–H groups in total. The number of para-hydroxylation sites is 1. The number of thioether (sulfide) groups is 1. The van der Waals surface area contributed by atoms with Crippen LogP contribution in [0.5, 0.6) is 5.75 Å². The molecule has 0 unspecified atom stereocenters. The summed E-state index contributed by atoms with van der Waals surface area (Å²) < 4.78 is 7.99. The fourth-order valence-corrected chi connectivity index (χ4v) is 4.29. The molecule has 0 saturated heterocycles. The number of hydrogen-bond acceptors (Lipinski definition) is 8. The van der Waals surface area contributed by atoms with E-state index in [4.69, 9.17) is 4.74 Å². The Morgan fingerprint density at radius 2 is 1.93 bits per heavy atom. The Morgan fingerprint density at radius 1 is 1.21 bits per heavy atom. The first kappa shape index (κ1) is 21.3. The predicted octanol–water partition coefficient (Wildman–Crippen LogP) is 3.77. The summed E-state index contributed by atoms with van der Waals surface area (Å²) in [5.41, 5.74) is 2.17. The molecule has 1 atom stereocenters. The van der Waals surface area contributed by atoms with E-state index in [1.807, 2.05) is 57.4 Å². The number of aryl methyl sites for hydroxylation is 3. The minimum atomic E-state index is -0.360. The molecular formula is C19H24N6O2S2. The lowest BCUT2D eigenvalue weighted by molar-refractivity contribution is -0.115. The van der Waals surface area contributed by atoms with Crippen molar-refractivity contribution in [1.82, 2.24) is 25.0 Å². The van der Waals surface area contributed by atoms with Crippen LogP contribution in [0.3, 0.4) is 0 Å². The van der Waals surface area contributed by atoms with Gasteiger partial charge in [-0.3, -0.25) is 10.1 Å². The largest absolute Gasteiger partial charge is 0.485 e. The van der Waals surface area contributed by atoms with Crippen molar-refractivity contribution in [3.8, 4) is 5.75 Å². The van der Waals surface area contributed by atoms with E-state index in [-0.39, 0.29) is 11.2 Å². The molecule has 8 nitrogen and oxygen atoms in total. The second-order valence-electron chi connectivity index (χ2n) is 6.53. The lowest BCUT2D eigenvalue weighted by Crippen LogP contribution is -2.23. The average molecular weight is 433 g/mol. The molecule has 1 amide bonds. The van der Waals surface area contributed by atoms with Crippen LogP contribution in [0.25, 0.3) is 0 Å². The molecule has 0 radical (unpaired) electrons. The molecule has 10 heteroatoms. The number of carbonyl (C=O) groups excluding carboxylic acids is 1. The van der Waals surface area contributed by atoms with Gasteiger partial charge in [-0.2, -0.15) is 0 Å². The summed E-state index contributed by atoms with van der Waals surface area (Å²) in [6.07, 6.45) is 0. The van der Waals surface area contributed by atoms with E-state index in [0.29, 0.717) is 23.4 Å². The van der Waals surface area contributed by atoms with Gasteiger partial charge in [-0.1, -0.05) is 41.3 Å². The van der Waals surface area contributed by atoms with Crippen LogP contribution >= 0.6 is 23.1 Å². The van der Waals surface area contributed by atoms with Crippen molar-refractivity contribution in [2.75, 3.05) is 5.32 Å². The van der Waals surface area contributed by atoms with Gasteiger partial charge in [0.1, 0.15) is 17.4 Å². The number of ether oxygens (including phenoxy) is 1. The SMILES string of the molecule is CCn1c(COc2c(C)cccc2C)nnc1S[C@@H](C)C(=O)Nc1nnc(C)s1.